The Morgan fingerprint density at radius 2 is 1.72 bits per heavy atom. The van der Waals surface area contributed by atoms with Gasteiger partial charge in [-0.2, -0.15) is 0 Å². The first kappa shape index (κ1) is 24.7. The number of halogens is 1. The van der Waals surface area contributed by atoms with Crippen molar-refractivity contribution < 1.29 is 17.9 Å². The summed E-state index contributed by atoms with van der Waals surface area (Å²) >= 11 is 3.29. The Morgan fingerprint density at radius 3 is 2.34 bits per heavy atom. The Hall–Kier alpha value is -1.94. The van der Waals surface area contributed by atoms with Crippen molar-refractivity contribution in [1.29, 1.82) is 0 Å². The quantitative estimate of drug-likeness (QED) is 0.497. The molecule has 1 aliphatic rings. The number of methoxy groups -OCH3 is 1. The third-order valence-corrected chi connectivity index (χ3v) is 7.60. The third kappa shape index (κ3) is 7.03. The van der Waals surface area contributed by atoms with Gasteiger partial charge in [0.25, 0.3) is 0 Å². The molecule has 174 valence electrons. The van der Waals surface area contributed by atoms with E-state index in [4.69, 9.17) is 4.74 Å². The number of ether oxygens (including phenoxy) is 1. The number of nitrogens with one attached hydrogen (secondary N) is 2. The van der Waals surface area contributed by atoms with Crippen LogP contribution < -0.4 is 14.8 Å². The molecule has 32 heavy (non-hydrogen) atoms. The molecule has 9 heteroatoms. The van der Waals surface area contributed by atoms with Gasteiger partial charge in [-0.25, -0.2) is 13.1 Å². The van der Waals surface area contributed by atoms with Crippen LogP contribution in [0.3, 0.4) is 0 Å². The average molecular weight is 524 g/mol. The lowest BCUT2D eigenvalue weighted by Crippen LogP contribution is -2.41. The van der Waals surface area contributed by atoms with E-state index in [0.717, 1.165) is 41.7 Å². The minimum Gasteiger partial charge on any atom is -0.497 e. The Labute approximate surface area is 198 Å². The molecule has 2 aromatic rings. The number of piperidine rings is 1. The summed E-state index contributed by atoms with van der Waals surface area (Å²) in [5.74, 6) is 0.618. The van der Waals surface area contributed by atoms with Gasteiger partial charge in [0.05, 0.1) is 18.0 Å². The van der Waals surface area contributed by atoms with Gasteiger partial charge in [-0.15, -0.1) is 0 Å². The number of carbonyl (C=O) groups excluding carboxylic acids is 1. The van der Waals surface area contributed by atoms with Crippen LogP contribution in [0.15, 0.2) is 57.9 Å². The summed E-state index contributed by atoms with van der Waals surface area (Å²) in [7, 11) is -2.00. The van der Waals surface area contributed by atoms with E-state index in [1.54, 1.807) is 19.2 Å². The second-order valence-electron chi connectivity index (χ2n) is 7.79. The van der Waals surface area contributed by atoms with Gasteiger partial charge in [0.15, 0.2) is 0 Å². The van der Waals surface area contributed by atoms with Crippen LogP contribution in [-0.2, 0) is 14.8 Å². The predicted molar refractivity (Wildman–Crippen MR) is 128 cm³/mol. The number of benzene rings is 2. The molecule has 0 bridgehead atoms. The maximum absolute atomic E-state index is 12.4. The first-order valence-corrected chi connectivity index (χ1v) is 13.1. The molecule has 1 fully saturated rings. The Morgan fingerprint density at radius 1 is 1.06 bits per heavy atom. The van der Waals surface area contributed by atoms with Crippen molar-refractivity contribution in [3.8, 4) is 5.75 Å². The van der Waals surface area contributed by atoms with Crippen LogP contribution in [0, 0.1) is 0 Å². The molecule has 0 saturated carbocycles. The van der Waals surface area contributed by atoms with Crippen LogP contribution in [0.1, 0.15) is 37.3 Å². The summed E-state index contributed by atoms with van der Waals surface area (Å²) < 4.78 is 33.3. The molecule has 0 unspecified atom stereocenters. The monoisotopic (exact) mass is 523 g/mol. The fourth-order valence-electron chi connectivity index (χ4n) is 3.81. The molecule has 0 spiro atoms. The molecule has 2 aromatic carbocycles. The molecule has 0 aromatic heterocycles. The molecule has 0 radical (unpaired) electrons. The fraction of sp³-hybridized carbons (Fsp3) is 0.435. The second-order valence-corrected chi connectivity index (χ2v) is 10.5. The van der Waals surface area contributed by atoms with Gasteiger partial charge in [0, 0.05) is 24.0 Å². The highest BCUT2D eigenvalue weighted by Crippen LogP contribution is 2.26. The van der Waals surface area contributed by atoms with E-state index in [0.29, 0.717) is 6.54 Å². The zero-order valence-electron chi connectivity index (χ0n) is 18.2. The minimum absolute atomic E-state index is 0.0428. The largest absolute Gasteiger partial charge is 0.497 e. The number of hydrogen-bond acceptors (Lipinski definition) is 5. The number of rotatable bonds is 10. The van der Waals surface area contributed by atoms with E-state index in [2.05, 4.69) is 30.9 Å². The normalized spacial score (nSPS) is 15.8. The van der Waals surface area contributed by atoms with Crippen LogP contribution in [-0.4, -0.2) is 52.5 Å². The van der Waals surface area contributed by atoms with Crippen LogP contribution in [0.4, 0.5) is 0 Å². The van der Waals surface area contributed by atoms with Crippen molar-refractivity contribution in [3.63, 3.8) is 0 Å². The number of amides is 1. The van der Waals surface area contributed by atoms with Gasteiger partial charge < -0.3 is 10.1 Å². The van der Waals surface area contributed by atoms with Gasteiger partial charge >= 0.3 is 0 Å². The summed E-state index contributed by atoms with van der Waals surface area (Å²) in [6.07, 6.45) is 3.61. The Balaban J connectivity index is 1.54. The number of carbonyl (C=O) groups is 1. The summed E-state index contributed by atoms with van der Waals surface area (Å²) in [6, 6.07) is 14.4. The standard InChI is InChI=1S/C23H30BrN3O4S/c1-31-20-9-5-18(6-10-20)22(27-15-3-2-4-16-27)17-25-23(28)13-14-26-32(29,30)21-11-7-19(24)8-12-21/h5-12,22,26H,2-4,13-17H2,1H3,(H,25,28)/t22-/m0/s1. The van der Waals surface area contributed by atoms with Crippen LogP contribution in [0.25, 0.3) is 0 Å². The number of nitrogens with zero attached hydrogens (tertiary/aromatic N) is 1. The zero-order chi connectivity index (χ0) is 23.0. The zero-order valence-corrected chi connectivity index (χ0v) is 20.6. The Bertz CT molecular complexity index is 975. The van der Waals surface area contributed by atoms with Gasteiger partial charge in [-0.3, -0.25) is 9.69 Å². The average Bonchev–Trinajstić information content (AvgIpc) is 2.80. The van der Waals surface area contributed by atoms with E-state index < -0.39 is 10.0 Å². The first-order chi connectivity index (χ1) is 15.4. The van der Waals surface area contributed by atoms with Crippen molar-refractivity contribution in [2.24, 2.45) is 0 Å². The first-order valence-electron chi connectivity index (χ1n) is 10.8. The van der Waals surface area contributed by atoms with E-state index >= 15 is 0 Å². The summed E-state index contributed by atoms with van der Waals surface area (Å²) in [5.41, 5.74) is 1.13. The highest BCUT2D eigenvalue weighted by Gasteiger charge is 2.23. The molecule has 1 heterocycles. The number of hydrogen-bond donors (Lipinski definition) is 2. The lowest BCUT2D eigenvalue weighted by molar-refractivity contribution is -0.121. The third-order valence-electron chi connectivity index (χ3n) is 5.59. The Kier molecular flexibility index (Phi) is 9.10. The van der Waals surface area contributed by atoms with E-state index in [-0.39, 0.29) is 29.8 Å². The smallest absolute Gasteiger partial charge is 0.240 e. The van der Waals surface area contributed by atoms with Crippen molar-refractivity contribution >= 4 is 31.9 Å². The fourth-order valence-corrected chi connectivity index (χ4v) is 5.10. The maximum Gasteiger partial charge on any atom is 0.240 e. The van der Waals surface area contributed by atoms with Crippen molar-refractivity contribution in [1.82, 2.24) is 14.9 Å². The molecule has 0 aliphatic carbocycles. The summed E-state index contributed by atoms with van der Waals surface area (Å²) in [5, 5.41) is 2.99. The van der Waals surface area contributed by atoms with Crippen molar-refractivity contribution in [3.05, 3.63) is 58.6 Å². The van der Waals surface area contributed by atoms with Gasteiger partial charge in [0.1, 0.15) is 5.75 Å². The summed E-state index contributed by atoms with van der Waals surface area (Å²) in [6.45, 7) is 2.52. The van der Waals surface area contributed by atoms with Crippen LogP contribution in [0.2, 0.25) is 0 Å². The molecule has 1 atom stereocenters. The maximum atomic E-state index is 12.4. The molecule has 1 saturated heterocycles. The molecule has 3 rings (SSSR count). The van der Waals surface area contributed by atoms with E-state index in [1.807, 2.05) is 24.3 Å². The number of likely N-dealkylation sites (tertiary alicyclic amines) is 1. The molecule has 1 aliphatic heterocycles. The van der Waals surface area contributed by atoms with E-state index in [1.165, 1.54) is 18.6 Å². The van der Waals surface area contributed by atoms with E-state index in [9.17, 15) is 13.2 Å². The van der Waals surface area contributed by atoms with Gasteiger partial charge in [-0.1, -0.05) is 34.5 Å². The molecule has 7 nitrogen and oxygen atoms in total. The minimum atomic E-state index is -3.64. The second kappa shape index (κ2) is 11.8. The molecule has 2 N–H and O–H groups in total. The lowest BCUT2D eigenvalue weighted by Gasteiger charge is -2.35. The van der Waals surface area contributed by atoms with Gasteiger partial charge in [0.2, 0.25) is 15.9 Å². The highest BCUT2D eigenvalue weighted by atomic mass is 79.9. The molecular formula is C23H30BrN3O4S. The molecule has 1 amide bonds. The SMILES string of the molecule is COc1ccc([C@H](CNC(=O)CCNS(=O)(=O)c2ccc(Br)cc2)N2CCCCC2)cc1. The topological polar surface area (TPSA) is 87.7 Å². The van der Waals surface area contributed by atoms with Crippen molar-refractivity contribution in [2.45, 2.75) is 36.6 Å². The van der Waals surface area contributed by atoms with Crippen LogP contribution in [0.5, 0.6) is 5.75 Å². The molecular weight excluding hydrogens is 494 g/mol. The van der Waals surface area contributed by atoms with Crippen molar-refractivity contribution in [2.75, 3.05) is 33.3 Å². The number of sulfonamides is 1. The van der Waals surface area contributed by atoms with Gasteiger partial charge in [-0.05, 0) is 67.9 Å². The highest BCUT2D eigenvalue weighted by molar-refractivity contribution is 9.10. The predicted octanol–water partition coefficient (Wildman–Crippen LogP) is 3.47. The van der Waals surface area contributed by atoms with Crippen LogP contribution >= 0.6 is 15.9 Å². The lowest BCUT2D eigenvalue weighted by atomic mass is 10.0. The summed E-state index contributed by atoms with van der Waals surface area (Å²) in [4.78, 5) is 15.0.